The molecule has 1 atom stereocenters. The zero-order chi connectivity index (χ0) is 9.15. The van der Waals surface area contributed by atoms with E-state index in [2.05, 4.69) is 0 Å². The molecule has 0 aromatic carbocycles. The molecule has 0 radical (unpaired) electrons. The van der Waals surface area contributed by atoms with Gasteiger partial charge in [-0.2, -0.15) is 0 Å². The van der Waals surface area contributed by atoms with Crippen LogP contribution in [0.1, 0.15) is 32.1 Å². The van der Waals surface area contributed by atoms with E-state index in [0.717, 1.165) is 19.4 Å². The van der Waals surface area contributed by atoms with Crippen molar-refractivity contribution >= 4 is 15.8 Å². The third kappa shape index (κ3) is 3.28. The van der Waals surface area contributed by atoms with Crippen molar-refractivity contribution in [2.45, 2.75) is 43.9 Å². The minimum atomic E-state index is -0.141. The van der Waals surface area contributed by atoms with Crippen LogP contribution in [0.3, 0.4) is 0 Å². The van der Waals surface area contributed by atoms with E-state index in [1.807, 2.05) is 0 Å². The summed E-state index contributed by atoms with van der Waals surface area (Å²) in [5.41, 5.74) is 0.735. The molecule has 2 aliphatic rings. The second-order valence-corrected chi connectivity index (χ2v) is 6.50. The van der Waals surface area contributed by atoms with E-state index < -0.39 is 0 Å². The monoisotopic (exact) mass is 393 g/mol. The van der Waals surface area contributed by atoms with Gasteiger partial charge in [-0.25, -0.2) is 0 Å². The van der Waals surface area contributed by atoms with Gasteiger partial charge in [0.1, 0.15) is 6.29 Å². The van der Waals surface area contributed by atoms with Crippen molar-refractivity contribution in [3.8, 4) is 0 Å². The molecule has 2 nitrogen and oxygen atoms in total. The summed E-state index contributed by atoms with van der Waals surface area (Å²) < 4.78 is 5.69. The van der Waals surface area contributed by atoms with Crippen molar-refractivity contribution in [2.75, 3.05) is 6.61 Å². The van der Waals surface area contributed by atoms with Crippen LogP contribution in [0.2, 0.25) is 6.04 Å². The average Bonchev–Trinajstić information content (AvgIpc) is 2.97. The minimum absolute atomic E-state index is 0. The number of carbonyl (C=O) groups excluding carboxylic acids is 1. The molecule has 1 saturated heterocycles. The number of rotatable bonds is 4. The Balaban J connectivity index is 0.000000980. The Morgan fingerprint density at radius 2 is 2.21 bits per heavy atom. The fraction of sp³-hybridized carbons (Fsp3) is 0.900. The number of hydrogen-bond donors (Lipinski definition) is 0. The van der Waals surface area contributed by atoms with E-state index in [9.17, 15) is 4.79 Å². The maximum atomic E-state index is 10.7. The van der Waals surface area contributed by atoms with Crippen molar-refractivity contribution in [3.05, 3.63) is 0 Å². The standard InChI is InChI=1S/C10H18O2Si.Pt/c11-7-10(4-5-10)8-13-9-3-1-2-6-12-9;/h7,9H,1-6,8,13H2;. The summed E-state index contributed by atoms with van der Waals surface area (Å²) >= 11 is 0. The van der Waals surface area contributed by atoms with Crippen LogP contribution in [0, 0.1) is 5.41 Å². The van der Waals surface area contributed by atoms with Gasteiger partial charge in [-0.05, 0) is 38.1 Å². The van der Waals surface area contributed by atoms with Crippen molar-refractivity contribution in [1.29, 1.82) is 0 Å². The fourth-order valence-electron chi connectivity index (χ4n) is 2.07. The number of carbonyl (C=O) groups is 1. The summed E-state index contributed by atoms with van der Waals surface area (Å²) in [5.74, 6) is 0. The van der Waals surface area contributed by atoms with Gasteiger partial charge in [0.25, 0.3) is 0 Å². The molecule has 1 saturated carbocycles. The molecule has 1 unspecified atom stereocenters. The van der Waals surface area contributed by atoms with Gasteiger partial charge in [-0.15, -0.1) is 0 Å². The second-order valence-electron chi connectivity index (χ2n) is 4.51. The molecule has 0 aromatic heterocycles. The summed E-state index contributed by atoms with van der Waals surface area (Å²) in [6.45, 7) is 0.964. The third-order valence-corrected chi connectivity index (χ3v) is 5.95. The molecule has 0 N–H and O–H groups in total. The molecule has 2 fully saturated rings. The topological polar surface area (TPSA) is 26.3 Å². The van der Waals surface area contributed by atoms with E-state index in [0.29, 0.717) is 5.73 Å². The smallest absolute Gasteiger partial charge is 0.125 e. The van der Waals surface area contributed by atoms with E-state index in [4.69, 9.17) is 4.74 Å². The summed E-state index contributed by atoms with van der Waals surface area (Å²) in [5, 5.41) is 0. The largest absolute Gasteiger partial charge is 0.382 e. The van der Waals surface area contributed by atoms with Crippen molar-refractivity contribution < 1.29 is 30.6 Å². The molecule has 1 heterocycles. The normalized spacial score (nSPS) is 29.9. The van der Waals surface area contributed by atoms with Gasteiger partial charge in [0.15, 0.2) is 0 Å². The Bertz CT molecular complexity index is 189. The fourth-order valence-corrected chi connectivity index (χ4v) is 4.50. The molecule has 0 spiro atoms. The van der Waals surface area contributed by atoms with Gasteiger partial charge in [0.05, 0.1) is 9.52 Å². The van der Waals surface area contributed by atoms with Crippen molar-refractivity contribution in [3.63, 3.8) is 0 Å². The van der Waals surface area contributed by atoms with Crippen LogP contribution in [0.4, 0.5) is 0 Å². The number of aldehydes is 1. The Morgan fingerprint density at radius 1 is 1.43 bits per heavy atom. The van der Waals surface area contributed by atoms with Crippen LogP contribution in [0.15, 0.2) is 0 Å². The van der Waals surface area contributed by atoms with Crippen LogP contribution in [0.5, 0.6) is 0 Å². The number of ether oxygens (including phenoxy) is 1. The van der Waals surface area contributed by atoms with Gasteiger partial charge < -0.3 is 9.53 Å². The van der Waals surface area contributed by atoms with Gasteiger partial charge in [-0.3, -0.25) is 0 Å². The van der Waals surface area contributed by atoms with Crippen LogP contribution in [-0.4, -0.2) is 28.1 Å². The van der Waals surface area contributed by atoms with Gasteiger partial charge in [0.2, 0.25) is 0 Å². The average molecular weight is 393 g/mol. The molecule has 0 bridgehead atoms. The maximum Gasteiger partial charge on any atom is 0.125 e. The molecular weight excluding hydrogens is 375 g/mol. The SMILES string of the molecule is O=CC1(C[SiH2]C2CCCCO2)CC1.[Pt]. The van der Waals surface area contributed by atoms with Crippen LogP contribution in [-0.2, 0) is 30.6 Å². The Labute approximate surface area is 102 Å². The predicted molar refractivity (Wildman–Crippen MR) is 54.7 cm³/mol. The van der Waals surface area contributed by atoms with Crippen molar-refractivity contribution in [1.82, 2.24) is 0 Å². The molecule has 0 aromatic rings. The van der Waals surface area contributed by atoms with Gasteiger partial charge >= 0.3 is 0 Å². The van der Waals surface area contributed by atoms with E-state index in [-0.39, 0.29) is 36.0 Å². The molecule has 1 aliphatic carbocycles. The van der Waals surface area contributed by atoms with E-state index in [1.165, 1.54) is 31.6 Å². The zero-order valence-electron chi connectivity index (χ0n) is 8.44. The van der Waals surface area contributed by atoms with Gasteiger partial charge in [0, 0.05) is 38.8 Å². The molecule has 2 rings (SSSR count). The number of hydrogen-bond acceptors (Lipinski definition) is 2. The van der Waals surface area contributed by atoms with E-state index >= 15 is 0 Å². The Kier molecular flexibility index (Phi) is 5.02. The Hall–Kier alpha value is 0.535. The molecule has 0 amide bonds. The summed E-state index contributed by atoms with van der Waals surface area (Å²) in [4.78, 5) is 10.7. The summed E-state index contributed by atoms with van der Waals surface area (Å²) in [6.07, 6.45) is 7.34. The predicted octanol–water partition coefficient (Wildman–Crippen LogP) is 1.08. The molecule has 84 valence electrons. The summed E-state index contributed by atoms with van der Waals surface area (Å²) in [7, 11) is -0.141. The Morgan fingerprint density at radius 3 is 2.71 bits per heavy atom. The van der Waals surface area contributed by atoms with Gasteiger partial charge in [-0.1, -0.05) is 0 Å². The zero-order valence-corrected chi connectivity index (χ0v) is 12.1. The second kappa shape index (κ2) is 5.57. The minimum Gasteiger partial charge on any atom is -0.382 e. The first kappa shape index (κ1) is 12.6. The first-order valence-corrected chi connectivity index (χ1v) is 7.24. The van der Waals surface area contributed by atoms with Crippen LogP contribution < -0.4 is 0 Å². The third-order valence-electron chi connectivity index (χ3n) is 3.38. The quantitative estimate of drug-likeness (QED) is 0.528. The first-order chi connectivity index (χ1) is 6.35. The first-order valence-electron chi connectivity index (χ1n) is 5.43. The van der Waals surface area contributed by atoms with Crippen molar-refractivity contribution in [2.24, 2.45) is 5.41 Å². The van der Waals surface area contributed by atoms with E-state index in [1.54, 1.807) is 0 Å². The molecule has 14 heavy (non-hydrogen) atoms. The maximum absolute atomic E-state index is 10.7. The van der Waals surface area contributed by atoms with Crippen LogP contribution >= 0.6 is 0 Å². The molecular formula is C10H18O2PtSi. The molecule has 1 aliphatic heterocycles. The summed E-state index contributed by atoms with van der Waals surface area (Å²) in [6, 6.07) is 1.20. The molecule has 4 heteroatoms. The van der Waals surface area contributed by atoms with Crippen LogP contribution in [0.25, 0.3) is 0 Å².